The molecule has 7 nitrogen and oxygen atoms in total. The van der Waals surface area contributed by atoms with E-state index in [0.717, 1.165) is 0 Å². The molecule has 11 heavy (non-hydrogen) atoms. The number of hydrogen-bond donors (Lipinski definition) is 2. The molecule has 56 valence electrons. The van der Waals surface area contributed by atoms with Gasteiger partial charge in [0.05, 0.1) is 0 Å². The van der Waals surface area contributed by atoms with Crippen LogP contribution >= 0.6 is 0 Å². The summed E-state index contributed by atoms with van der Waals surface area (Å²) in [4.78, 5) is 7.50. The van der Waals surface area contributed by atoms with Crippen molar-refractivity contribution in [3.8, 4) is 0 Å². The number of fused-ring (bicyclic) bond motifs is 1. The molecular weight excluding hydrogens is 146 g/mol. The second kappa shape index (κ2) is 1.84. The Morgan fingerprint density at radius 2 is 2.00 bits per heavy atom. The fourth-order valence-corrected chi connectivity index (χ4v) is 0.840. The van der Waals surface area contributed by atoms with E-state index in [4.69, 9.17) is 11.5 Å². The van der Waals surface area contributed by atoms with E-state index < -0.39 is 6.04 Å². The van der Waals surface area contributed by atoms with E-state index in [0.29, 0.717) is 5.84 Å². The third-order valence-electron chi connectivity index (χ3n) is 1.31. The highest BCUT2D eigenvalue weighted by Crippen LogP contribution is 2.10. The van der Waals surface area contributed by atoms with Crippen molar-refractivity contribution in [3.63, 3.8) is 0 Å². The third kappa shape index (κ3) is 0.775. The van der Waals surface area contributed by atoms with Gasteiger partial charge in [-0.05, 0) is 5.22 Å². The average molecular weight is 151 g/mol. The second-order valence-electron chi connectivity index (χ2n) is 2.07. The molecule has 0 bridgehead atoms. The molecule has 2 heterocycles. The molecule has 1 atom stereocenters. The number of nitrogens with two attached hydrogens (primary N) is 2. The van der Waals surface area contributed by atoms with Crippen molar-refractivity contribution in [2.75, 3.05) is 0 Å². The predicted molar refractivity (Wildman–Crippen MR) is 39.3 cm³/mol. The molecule has 0 radical (unpaired) electrons. The van der Waals surface area contributed by atoms with Crippen LogP contribution in [-0.2, 0) is 0 Å². The maximum Gasteiger partial charge on any atom is 0.223 e. The Labute approximate surface area is 61.6 Å². The molecule has 0 amide bonds. The molecule has 2 aliphatic rings. The number of nitrogens with zero attached hydrogens (tertiary/aromatic N) is 5. The summed E-state index contributed by atoms with van der Waals surface area (Å²) in [6.07, 6.45) is 0. The summed E-state index contributed by atoms with van der Waals surface area (Å²) in [6, 6.07) is -0.415. The topological polar surface area (TPSA) is 114 Å². The van der Waals surface area contributed by atoms with Gasteiger partial charge in [0, 0.05) is 0 Å². The minimum atomic E-state index is -0.415. The van der Waals surface area contributed by atoms with Gasteiger partial charge in [-0.25, -0.2) is 0 Å². The Balaban J connectivity index is 2.45. The van der Waals surface area contributed by atoms with Gasteiger partial charge in [-0.15, -0.1) is 10.2 Å². The first kappa shape index (κ1) is 5.96. The fourth-order valence-electron chi connectivity index (χ4n) is 0.840. The standard InChI is InChI=1S/C4H5N7/c5-2-1-3(10-11-9-1)8-4(6)7-2/h1H,(H4,5,6,7,8,9,10). The summed E-state index contributed by atoms with van der Waals surface area (Å²) in [5, 5.41) is 10.7. The number of aliphatic imine (C=N–C) groups is 2. The number of rotatable bonds is 0. The summed E-state index contributed by atoms with van der Waals surface area (Å²) in [6.45, 7) is 0. The molecule has 2 rings (SSSR count). The normalized spacial score (nSPS) is 27.3. The first-order valence-corrected chi connectivity index (χ1v) is 2.93. The van der Waals surface area contributed by atoms with E-state index in [2.05, 4.69) is 25.4 Å². The second-order valence-corrected chi connectivity index (χ2v) is 2.07. The van der Waals surface area contributed by atoms with E-state index in [-0.39, 0.29) is 11.8 Å². The van der Waals surface area contributed by atoms with E-state index in [9.17, 15) is 0 Å². The molecule has 0 spiro atoms. The molecule has 0 aromatic rings. The van der Waals surface area contributed by atoms with Crippen LogP contribution in [0.3, 0.4) is 0 Å². The minimum Gasteiger partial charge on any atom is -0.385 e. The first-order chi connectivity index (χ1) is 5.27. The largest absolute Gasteiger partial charge is 0.385 e. The van der Waals surface area contributed by atoms with Crippen LogP contribution in [0.4, 0.5) is 0 Å². The van der Waals surface area contributed by atoms with Gasteiger partial charge in [0.1, 0.15) is 5.84 Å². The summed E-state index contributed by atoms with van der Waals surface area (Å²) in [5.74, 6) is 0.803. The van der Waals surface area contributed by atoms with Crippen LogP contribution in [0.25, 0.3) is 0 Å². The van der Waals surface area contributed by atoms with Gasteiger partial charge >= 0.3 is 0 Å². The van der Waals surface area contributed by atoms with Crippen LogP contribution in [-0.4, -0.2) is 23.7 Å². The highest BCUT2D eigenvalue weighted by atomic mass is 15.5. The van der Waals surface area contributed by atoms with Crippen LogP contribution in [0.15, 0.2) is 25.4 Å². The molecule has 7 heteroatoms. The van der Waals surface area contributed by atoms with Gasteiger partial charge in [0.2, 0.25) is 5.96 Å². The Morgan fingerprint density at radius 1 is 1.18 bits per heavy atom. The molecule has 0 fully saturated rings. The minimum absolute atomic E-state index is 0.102. The number of guanidine groups is 1. The van der Waals surface area contributed by atoms with Gasteiger partial charge in [-0.3, -0.25) is 0 Å². The maximum absolute atomic E-state index is 5.46. The van der Waals surface area contributed by atoms with E-state index in [1.54, 1.807) is 0 Å². The summed E-state index contributed by atoms with van der Waals surface area (Å²) in [7, 11) is 0. The lowest BCUT2D eigenvalue weighted by atomic mass is 10.2. The van der Waals surface area contributed by atoms with E-state index >= 15 is 0 Å². The molecular formula is C4H5N7. The zero-order valence-corrected chi connectivity index (χ0v) is 5.47. The van der Waals surface area contributed by atoms with Crippen LogP contribution in [0.5, 0.6) is 0 Å². The highest BCUT2D eigenvalue weighted by Gasteiger charge is 2.27. The van der Waals surface area contributed by atoms with Gasteiger partial charge < -0.3 is 11.5 Å². The van der Waals surface area contributed by atoms with Crippen LogP contribution in [0, 0.1) is 0 Å². The molecule has 0 aliphatic carbocycles. The summed E-state index contributed by atoms with van der Waals surface area (Å²) >= 11 is 0. The molecule has 0 saturated carbocycles. The number of amidine groups is 2. The quantitative estimate of drug-likeness (QED) is 0.453. The van der Waals surface area contributed by atoms with Crippen molar-refractivity contribution in [1.29, 1.82) is 0 Å². The highest BCUT2D eigenvalue weighted by molar-refractivity contribution is 6.19. The molecule has 0 saturated heterocycles. The van der Waals surface area contributed by atoms with Crippen molar-refractivity contribution >= 4 is 17.6 Å². The fraction of sp³-hybridized carbons (Fsp3) is 0.250. The Hall–Kier alpha value is -1.79. The molecule has 2 aliphatic heterocycles. The lowest BCUT2D eigenvalue weighted by Crippen LogP contribution is -2.38. The Morgan fingerprint density at radius 3 is 2.82 bits per heavy atom. The average Bonchev–Trinajstić information content (AvgIpc) is 2.34. The van der Waals surface area contributed by atoms with Gasteiger partial charge in [-0.2, -0.15) is 9.98 Å². The molecule has 0 aromatic carbocycles. The Bertz CT molecular complexity index is 308. The third-order valence-corrected chi connectivity index (χ3v) is 1.31. The maximum atomic E-state index is 5.46. The Kier molecular flexibility index (Phi) is 0.999. The SMILES string of the molecule is NC1=NC2=NN=NC2C(N)=N1. The molecule has 1 unspecified atom stereocenters. The zero-order valence-electron chi connectivity index (χ0n) is 5.47. The van der Waals surface area contributed by atoms with Gasteiger partial charge in [0.25, 0.3) is 0 Å². The van der Waals surface area contributed by atoms with Crippen molar-refractivity contribution in [2.45, 2.75) is 6.04 Å². The number of hydrogen-bond acceptors (Lipinski definition) is 7. The lowest BCUT2D eigenvalue weighted by molar-refractivity contribution is 0.989. The van der Waals surface area contributed by atoms with Gasteiger partial charge in [0.15, 0.2) is 11.9 Å². The smallest absolute Gasteiger partial charge is 0.223 e. The van der Waals surface area contributed by atoms with Crippen LogP contribution in [0.2, 0.25) is 0 Å². The van der Waals surface area contributed by atoms with Crippen LogP contribution < -0.4 is 11.5 Å². The van der Waals surface area contributed by atoms with Gasteiger partial charge in [-0.1, -0.05) is 0 Å². The predicted octanol–water partition coefficient (Wildman–Crippen LogP) is -1.18. The van der Waals surface area contributed by atoms with Crippen LogP contribution in [0.1, 0.15) is 0 Å². The molecule has 4 N–H and O–H groups in total. The summed E-state index contributed by atoms with van der Waals surface area (Å²) in [5.41, 5.74) is 10.8. The molecule has 0 aromatic heterocycles. The first-order valence-electron chi connectivity index (χ1n) is 2.93. The van der Waals surface area contributed by atoms with Crippen molar-refractivity contribution in [3.05, 3.63) is 0 Å². The lowest BCUT2D eigenvalue weighted by Gasteiger charge is -2.09. The van der Waals surface area contributed by atoms with Crippen molar-refractivity contribution in [1.82, 2.24) is 0 Å². The monoisotopic (exact) mass is 151 g/mol. The van der Waals surface area contributed by atoms with E-state index in [1.807, 2.05) is 0 Å². The van der Waals surface area contributed by atoms with E-state index in [1.165, 1.54) is 0 Å². The van der Waals surface area contributed by atoms with Crippen molar-refractivity contribution < 1.29 is 0 Å². The summed E-state index contributed by atoms with van der Waals surface area (Å²) < 4.78 is 0. The zero-order chi connectivity index (χ0) is 7.84. The van der Waals surface area contributed by atoms with Crippen molar-refractivity contribution in [2.24, 2.45) is 36.9 Å².